The van der Waals surface area contributed by atoms with Crippen LogP contribution in [0.2, 0.25) is 0 Å². The summed E-state index contributed by atoms with van der Waals surface area (Å²) >= 11 is 0. The van der Waals surface area contributed by atoms with Crippen LogP contribution >= 0.6 is 0 Å². The quantitative estimate of drug-likeness (QED) is 0.379. The lowest BCUT2D eigenvalue weighted by molar-refractivity contribution is -0.119. The topological polar surface area (TPSA) is 122 Å². The molecule has 2 fully saturated rings. The molecule has 2 atom stereocenters. The van der Waals surface area contributed by atoms with Crippen LogP contribution in [0.4, 0.5) is 11.4 Å². The normalized spacial score (nSPS) is 20.7. The molecule has 1 saturated carbocycles. The zero-order valence-corrected chi connectivity index (χ0v) is 23.4. The van der Waals surface area contributed by atoms with Crippen LogP contribution < -0.4 is 10.6 Å². The van der Waals surface area contributed by atoms with Gasteiger partial charge in [-0.2, -0.15) is 10.2 Å². The monoisotopic (exact) mass is 541 g/mol. The molecule has 11 heteroatoms. The standard InChI is InChI=1S/C29H35N9O2/c1-18-23(35-28(40)22-13-33-38-17-24(31-14-25(22)38)20-11-32-36(4)15-20)10-21(12-30-18)34-27(39)19-7-9-37(16-19)26-6-5-8-29(26,2)3/h10-15,17,19,26H,5-9,16H2,1-4H3,(H,34,39)(H,35,40)/t19-,26?/m0/s1. The van der Waals surface area contributed by atoms with Gasteiger partial charge in [0.05, 0.1) is 70.7 Å². The molecule has 11 nitrogen and oxygen atoms in total. The molecule has 0 spiro atoms. The third-order valence-corrected chi connectivity index (χ3v) is 8.48. The van der Waals surface area contributed by atoms with Gasteiger partial charge >= 0.3 is 0 Å². The largest absolute Gasteiger partial charge is 0.324 e. The van der Waals surface area contributed by atoms with Crippen LogP contribution in [0.3, 0.4) is 0 Å². The van der Waals surface area contributed by atoms with Crippen molar-refractivity contribution in [2.45, 2.75) is 52.5 Å². The number of nitrogens with one attached hydrogen (secondary N) is 2. The Bertz CT molecular complexity index is 1590. The van der Waals surface area contributed by atoms with E-state index in [2.05, 4.69) is 49.5 Å². The number of anilines is 2. The van der Waals surface area contributed by atoms with Gasteiger partial charge in [-0.05, 0) is 44.2 Å². The first-order chi connectivity index (χ1) is 19.2. The maximum absolute atomic E-state index is 13.2. The Morgan fingerprint density at radius 1 is 1.02 bits per heavy atom. The van der Waals surface area contributed by atoms with Gasteiger partial charge in [-0.3, -0.25) is 29.1 Å². The second kappa shape index (κ2) is 10.1. The van der Waals surface area contributed by atoms with E-state index in [9.17, 15) is 9.59 Å². The lowest BCUT2D eigenvalue weighted by Crippen LogP contribution is -2.41. The van der Waals surface area contributed by atoms with Crippen molar-refractivity contribution in [3.05, 3.63) is 54.5 Å². The fraction of sp³-hybridized carbons (Fsp3) is 0.448. The lowest BCUT2D eigenvalue weighted by atomic mass is 9.86. The number of hydrogen-bond acceptors (Lipinski definition) is 7. The van der Waals surface area contributed by atoms with E-state index in [1.807, 2.05) is 20.2 Å². The molecule has 0 radical (unpaired) electrons. The Kier molecular flexibility index (Phi) is 6.61. The summed E-state index contributed by atoms with van der Waals surface area (Å²) in [6.45, 7) is 8.24. The van der Waals surface area contributed by atoms with E-state index in [-0.39, 0.29) is 17.7 Å². The van der Waals surface area contributed by atoms with Crippen molar-refractivity contribution in [3.63, 3.8) is 0 Å². The molecule has 1 aliphatic heterocycles. The minimum absolute atomic E-state index is 0.000596. The second-order valence-corrected chi connectivity index (χ2v) is 11.7. The summed E-state index contributed by atoms with van der Waals surface area (Å²) in [6, 6.07) is 2.31. The number of aromatic nitrogens is 6. The predicted molar refractivity (Wildman–Crippen MR) is 152 cm³/mol. The fourth-order valence-electron chi connectivity index (χ4n) is 6.19. The summed E-state index contributed by atoms with van der Waals surface area (Å²) in [4.78, 5) is 37.8. The number of hydrogen-bond donors (Lipinski definition) is 2. The van der Waals surface area contributed by atoms with Crippen molar-refractivity contribution in [2.75, 3.05) is 23.7 Å². The number of aryl methyl sites for hydroxylation is 2. The second-order valence-electron chi connectivity index (χ2n) is 11.7. The highest BCUT2D eigenvalue weighted by molar-refractivity contribution is 6.09. The molecule has 2 N–H and O–H groups in total. The summed E-state index contributed by atoms with van der Waals surface area (Å²) in [5.41, 5.74) is 4.58. The summed E-state index contributed by atoms with van der Waals surface area (Å²) < 4.78 is 3.33. The Labute approximate surface area is 233 Å². The first kappa shape index (κ1) is 26.1. The highest BCUT2D eigenvalue weighted by atomic mass is 16.2. The molecular weight excluding hydrogens is 506 g/mol. The van der Waals surface area contributed by atoms with Crippen LogP contribution in [-0.2, 0) is 11.8 Å². The third kappa shape index (κ3) is 4.97. The summed E-state index contributed by atoms with van der Waals surface area (Å²) in [7, 11) is 1.84. The molecule has 4 aromatic rings. The zero-order chi connectivity index (χ0) is 28.0. The van der Waals surface area contributed by atoms with Gasteiger partial charge in [0.1, 0.15) is 0 Å². The van der Waals surface area contributed by atoms with Crippen molar-refractivity contribution in [1.29, 1.82) is 0 Å². The van der Waals surface area contributed by atoms with Gasteiger partial charge in [-0.25, -0.2) is 4.52 Å². The molecule has 1 aliphatic carbocycles. The number of amides is 2. The fourth-order valence-corrected chi connectivity index (χ4v) is 6.19. The Morgan fingerprint density at radius 2 is 1.88 bits per heavy atom. The van der Waals surface area contributed by atoms with Crippen molar-refractivity contribution >= 4 is 28.7 Å². The van der Waals surface area contributed by atoms with Gasteiger partial charge in [0, 0.05) is 31.4 Å². The maximum atomic E-state index is 13.2. The van der Waals surface area contributed by atoms with Crippen LogP contribution in [0, 0.1) is 18.3 Å². The van der Waals surface area contributed by atoms with E-state index in [4.69, 9.17) is 0 Å². The van der Waals surface area contributed by atoms with Crippen LogP contribution in [0.1, 0.15) is 55.6 Å². The van der Waals surface area contributed by atoms with Gasteiger partial charge in [-0.1, -0.05) is 20.3 Å². The summed E-state index contributed by atoms with van der Waals surface area (Å²) in [5, 5.41) is 14.5. The number of nitrogens with zero attached hydrogens (tertiary/aromatic N) is 7. The van der Waals surface area contributed by atoms with Crippen molar-refractivity contribution in [1.82, 2.24) is 34.3 Å². The number of fused-ring (bicyclic) bond motifs is 1. The zero-order valence-electron chi connectivity index (χ0n) is 23.4. The molecule has 2 aliphatic rings. The highest BCUT2D eigenvalue weighted by Gasteiger charge is 2.42. The van der Waals surface area contributed by atoms with Crippen molar-refractivity contribution < 1.29 is 9.59 Å². The Hall–Kier alpha value is -4.12. The van der Waals surface area contributed by atoms with Gasteiger partial charge in [0.25, 0.3) is 5.91 Å². The smallest absolute Gasteiger partial charge is 0.259 e. The number of carbonyl (C=O) groups excluding carboxylic acids is 2. The molecule has 40 heavy (non-hydrogen) atoms. The Morgan fingerprint density at radius 3 is 2.62 bits per heavy atom. The highest BCUT2D eigenvalue weighted by Crippen LogP contribution is 2.42. The third-order valence-electron chi connectivity index (χ3n) is 8.48. The van der Waals surface area contributed by atoms with Gasteiger partial charge < -0.3 is 10.6 Å². The number of rotatable bonds is 6. The van der Waals surface area contributed by atoms with Crippen LogP contribution in [0.25, 0.3) is 16.8 Å². The van der Waals surface area contributed by atoms with Gasteiger partial charge in [0.15, 0.2) is 0 Å². The Balaban J connectivity index is 1.13. The first-order valence-electron chi connectivity index (χ1n) is 13.8. The molecule has 6 rings (SSSR count). The molecule has 5 heterocycles. The van der Waals surface area contributed by atoms with E-state index in [1.54, 1.807) is 40.1 Å². The molecule has 1 unspecified atom stereocenters. The van der Waals surface area contributed by atoms with Crippen LogP contribution in [0.5, 0.6) is 0 Å². The average molecular weight is 542 g/mol. The molecule has 208 valence electrons. The molecule has 1 saturated heterocycles. The molecule has 0 aromatic carbocycles. The SMILES string of the molecule is Cc1ncc(NC(=O)[C@H]2CCN(C3CCCC3(C)C)C2)cc1NC(=O)c1cnn2cc(-c3cnn(C)c3)ncc12. The predicted octanol–water partition coefficient (Wildman–Crippen LogP) is 3.92. The molecular formula is C29H35N9O2. The van der Waals surface area contributed by atoms with E-state index in [0.717, 1.165) is 25.1 Å². The maximum Gasteiger partial charge on any atom is 0.259 e. The van der Waals surface area contributed by atoms with Crippen molar-refractivity contribution in [2.24, 2.45) is 18.4 Å². The molecule has 2 amide bonds. The number of pyridine rings is 1. The summed E-state index contributed by atoms with van der Waals surface area (Å²) in [5.74, 6) is -0.386. The lowest BCUT2D eigenvalue weighted by Gasteiger charge is -2.35. The van der Waals surface area contributed by atoms with Crippen LogP contribution in [0.15, 0.2) is 43.2 Å². The minimum atomic E-state index is -0.329. The number of likely N-dealkylation sites (tertiary alicyclic amines) is 1. The van der Waals surface area contributed by atoms with Crippen molar-refractivity contribution in [3.8, 4) is 11.3 Å². The summed E-state index contributed by atoms with van der Waals surface area (Å²) in [6.07, 6.45) is 14.7. The van der Waals surface area contributed by atoms with E-state index >= 15 is 0 Å². The van der Waals surface area contributed by atoms with E-state index in [1.165, 1.54) is 25.5 Å². The van der Waals surface area contributed by atoms with E-state index in [0.29, 0.717) is 45.3 Å². The minimum Gasteiger partial charge on any atom is -0.324 e. The van der Waals surface area contributed by atoms with Gasteiger partial charge in [-0.15, -0.1) is 0 Å². The number of carbonyl (C=O) groups is 2. The molecule has 0 bridgehead atoms. The van der Waals surface area contributed by atoms with Crippen LogP contribution in [-0.4, -0.2) is 65.2 Å². The van der Waals surface area contributed by atoms with E-state index < -0.39 is 0 Å². The molecule has 4 aromatic heterocycles. The van der Waals surface area contributed by atoms with Gasteiger partial charge in [0.2, 0.25) is 5.91 Å². The first-order valence-corrected chi connectivity index (χ1v) is 13.8. The average Bonchev–Trinajstić information content (AvgIpc) is 3.71.